The summed E-state index contributed by atoms with van der Waals surface area (Å²) in [5.41, 5.74) is 0. The molecule has 0 N–H and O–H groups in total. The molecule has 0 bridgehead atoms. The zero-order valence-corrected chi connectivity index (χ0v) is 9.72. The summed E-state index contributed by atoms with van der Waals surface area (Å²) >= 11 is 0. The average molecular weight is 237 g/mol. The summed E-state index contributed by atoms with van der Waals surface area (Å²) in [5.74, 6) is -0.759. The van der Waals surface area contributed by atoms with Gasteiger partial charge in [-0.1, -0.05) is 0 Å². The van der Waals surface area contributed by atoms with Crippen LogP contribution in [0, 0.1) is 5.92 Å². The summed E-state index contributed by atoms with van der Waals surface area (Å²) < 4.78 is 4.69. The van der Waals surface area contributed by atoms with Gasteiger partial charge in [0.1, 0.15) is 0 Å². The summed E-state index contributed by atoms with van der Waals surface area (Å²) in [4.78, 5) is 35.6. The Bertz CT molecular complexity index is 362. The van der Waals surface area contributed by atoms with Gasteiger partial charge in [0.25, 0.3) is 11.8 Å². The molecule has 0 saturated heterocycles. The molecule has 17 heavy (non-hydrogen) atoms. The molecule has 1 saturated carbocycles. The highest BCUT2D eigenvalue weighted by Gasteiger charge is 2.35. The van der Waals surface area contributed by atoms with Crippen LogP contribution < -0.4 is 0 Å². The fourth-order valence-corrected chi connectivity index (χ4v) is 2.51. The van der Waals surface area contributed by atoms with Gasteiger partial charge in [0.05, 0.1) is 13.0 Å². The molecule has 1 heterocycles. The van der Waals surface area contributed by atoms with Crippen molar-refractivity contribution in [2.45, 2.75) is 31.7 Å². The first-order valence-electron chi connectivity index (χ1n) is 5.76. The third-order valence-corrected chi connectivity index (χ3v) is 3.44. The van der Waals surface area contributed by atoms with E-state index in [1.807, 2.05) is 0 Å². The number of carbonyl (C=O) groups excluding carboxylic acids is 3. The molecule has 1 aliphatic carbocycles. The molecule has 2 rings (SSSR count). The third-order valence-electron chi connectivity index (χ3n) is 3.44. The summed E-state index contributed by atoms with van der Waals surface area (Å²) in [6, 6.07) is -0.0640. The SMILES string of the molecule is COC(=O)C1CCC(N2C(=O)C=CC2=O)CC1. The van der Waals surface area contributed by atoms with E-state index in [1.54, 1.807) is 0 Å². The van der Waals surface area contributed by atoms with Crippen LogP contribution in [0.4, 0.5) is 0 Å². The van der Waals surface area contributed by atoms with E-state index in [-0.39, 0.29) is 29.7 Å². The average Bonchev–Trinajstić information content (AvgIpc) is 2.68. The molecule has 5 heteroatoms. The minimum Gasteiger partial charge on any atom is -0.469 e. The number of ether oxygens (including phenoxy) is 1. The maximum absolute atomic E-state index is 11.5. The van der Waals surface area contributed by atoms with Crippen LogP contribution in [0.3, 0.4) is 0 Å². The smallest absolute Gasteiger partial charge is 0.308 e. The number of carbonyl (C=O) groups is 3. The van der Waals surface area contributed by atoms with Gasteiger partial charge in [0, 0.05) is 18.2 Å². The Morgan fingerprint density at radius 3 is 2.18 bits per heavy atom. The minimum atomic E-state index is -0.239. The van der Waals surface area contributed by atoms with E-state index in [4.69, 9.17) is 4.74 Å². The van der Waals surface area contributed by atoms with Crippen LogP contribution in [0.2, 0.25) is 0 Å². The number of esters is 1. The van der Waals surface area contributed by atoms with Gasteiger partial charge in [-0.2, -0.15) is 0 Å². The van der Waals surface area contributed by atoms with Crippen molar-refractivity contribution < 1.29 is 19.1 Å². The summed E-state index contributed by atoms with van der Waals surface area (Å²) in [5, 5.41) is 0. The largest absolute Gasteiger partial charge is 0.469 e. The van der Waals surface area contributed by atoms with Gasteiger partial charge in [-0.25, -0.2) is 0 Å². The van der Waals surface area contributed by atoms with Crippen molar-refractivity contribution in [3.8, 4) is 0 Å². The molecule has 0 aromatic carbocycles. The van der Waals surface area contributed by atoms with Crippen molar-refractivity contribution in [3.05, 3.63) is 12.2 Å². The van der Waals surface area contributed by atoms with Crippen LogP contribution in [-0.2, 0) is 19.1 Å². The summed E-state index contributed by atoms with van der Waals surface area (Å²) in [7, 11) is 1.38. The number of nitrogens with zero attached hydrogens (tertiary/aromatic N) is 1. The van der Waals surface area contributed by atoms with Gasteiger partial charge >= 0.3 is 5.97 Å². The minimum absolute atomic E-state index is 0.0640. The predicted molar refractivity (Wildman–Crippen MR) is 58.8 cm³/mol. The zero-order chi connectivity index (χ0) is 12.4. The molecule has 1 aliphatic heterocycles. The lowest BCUT2D eigenvalue weighted by molar-refractivity contribution is -0.147. The molecule has 0 spiro atoms. The maximum atomic E-state index is 11.5. The molecular formula is C12H15NO4. The number of imide groups is 1. The van der Waals surface area contributed by atoms with Crippen LogP contribution >= 0.6 is 0 Å². The molecule has 0 atom stereocenters. The second kappa shape index (κ2) is 4.69. The monoisotopic (exact) mass is 237 g/mol. The molecule has 0 aromatic heterocycles. The van der Waals surface area contributed by atoms with Crippen molar-refractivity contribution in [2.75, 3.05) is 7.11 Å². The lowest BCUT2D eigenvalue weighted by Gasteiger charge is -2.32. The highest BCUT2D eigenvalue weighted by molar-refractivity contribution is 6.13. The molecule has 0 aromatic rings. The van der Waals surface area contributed by atoms with Gasteiger partial charge in [0.2, 0.25) is 0 Å². The number of methoxy groups -OCH3 is 1. The molecule has 1 fully saturated rings. The van der Waals surface area contributed by atoms with Crippen LogP contribution in [0.15, 0.2) is 12.2 Å². The lowest BCUT2D eigenvalue weighted by atomic mass is 9.85. The van der Waals surface area contributed by atoms with Crippen LogP contribution in [0.1, 0.15) is 25.7 Å². The maximum Gasteiger partial charge on any atom is 0.308 e. The Labute approximate surface area is 99.4 Å². The number of hydrogen-bond donors (Lipinski definition) is 0. The van der Waals surface area contributed by atoms with Crippen molar-refractivity contribution in [2.24, 2.45) is 5.92 Å². The second-order valence-electron chi connectivity index (χ2n) is 4.41. The Morgan fingerprint density at radius 1 is 1.18 bits per heavy atom. The van der Waals surface area contributed by atoms with E-state index < -0.39 is 0 Å². The molecule has 0 unspecified atom stereocenters. The molecule has 5 nitrogen and oxygen atoms in total. The standard InChI is InChI=1S/C12H15NO4/c1-17-12(16)8-2-4-9(5-3-8)13-10(14)6-7-11(13)15/h6-9H,2-5H2,1H3. The summed E-state index contributed by atoms with van der Waals surface area (Å²) in [6.45, 7) is 0. The lowest BCUT2D eigenvalue weighted by Crippen LogP contribution is -2.42. The molecule has 2 aliphatic rings. The van der Waals surface area contributed by atoms with Crippen molar-refractivity contribution in [1.82, 2.24) is 4.90 Å². The Hall–Kier alpha value is -1.65. The van der Waals surface area contributed by atoms with Crippen molar-refractivity contribution >= 4 is 17.8 Å². The highest BCUT2D eigenvalue weighted by Crippen LogP contribution is 2.29. The predicted octanol–water partition coefficient (Wildman–Crippen LogP) is 0.643. The quantitative estimate of drug-likeness (QED) is 0.522. The van der Waals surface area contributed by atoms with Gasteiger partial charge in [-0.3, -0.25) is 19.3 Å². The number of amides is 2. The third kappa shape index (κ3) is 2.23. The van der Waals surface area contributed by atoms with E-state index in [0.29, 0.717) is 25.7 Å². The van der Waals surface area contributed by atoms with Crippen LogP contribution in [0.25, 0.3) is 0 Å². The van der Waals surface area contributed by atoms with Gasteiger partial charge < -0.3 is 4.74 Å². The summed E-state index contributed by atoms with van der Waals surface area (Å²) in [6.07, 6.45) is 5.31. The zero-order valence-electron chi connectivity index (χ0n) is 9.72. The fourth-order valence-electron chi connectivity index (χ4n) is 2.51. The Morgan fingerprint density at radius 2 is 1.71 bits per heavy atom. The Balaban J connectivity index is 1.93. The van der Waals surface area contributed by atoms with Crippen molar-refractivity contribution in [1.29, 1.82) is 0 Å². The molecular weight excluding hydrogens is 222 g/mol. The first-order valence-corrected chi connectivity index (χ1v) is 5.76. The van der Waals surface area contributed by atoms with Crippen LogP contribution in [-0.4, -0.2) is 35.8 Å². The van der Waals surface area contributed by atoms with Crippen LogP contribution in [0.5, 0.6) is 0 Å². The molecule has 2 amide bonds. The van der Waals surface area contributed by atoms with E-state index in [1.165, 1.54) is 24.2 Å². The van der Waals surface area contributed by atoms with E-state index >= 15 is 0 Å². The van der Waals surface area contributed by atoms with Gasteiger partial charge in [-0.15, -0.1) is 0 Å². The Kier molecular flexibility index (Phi) is 3.26. The van der Waals surface area contributed by atoms with E-state index in [9.17, 15) is 14.4 Å². The first-order chi connectivity index (χ1) is 8.13. The van der Waals surface area contributed by atoms with E-state index in [0.717, 1.165) is 0 Å². The molecule has 92 valence electrons. The topological polar surface area (TPSA) is 63.7 Å². The second-order valence-corrected chi connectivity index (χ2v) is 4.41. The van der Waals surface area contributed by atoms with Crippen molar-refractivity contribution in [3.63, 3.8) is 0 Å². The molecule has 0 radical (unpaired) electrons. The van der Waals surface area contributed by atoms with Gasteiger partial charge in [0.15, 0.2) is 0 Å². The van der Waals surface area contributed by atoms with E-state index in [2.05, 4.69) is 0 Å². The highest BCUT2D eigenvalue weighted by atomic mass is 16.5. The fraction of sp³-hybridized carbons (Fsp3) is 0.583. The van der Waals surface area contributed by atoms with Gasteiger partial charge in [-0.05, 0) is 25.7 Å². The number of rotatable bonds is 2. The first kappa shape index (κ1) is 11.8. The normalized spacial score (nSPS) is 28.6. The number of hydrogen-bond acceptors (Lipinski definition) is 4.